The predicted molar refractivity (Wildman–Crippen MR) is 104 cm³/mol. The van der Waals surface area contributed by atoms with Gasteiger partial charge in [-0.15, -0.1) is 0 Å². The lowest BCUT2D eigenvalue weighted by atomic mass is 10.2. The van der Waals surface area contributed by atoms with Crippen LogP contribution >= 0.6 is 0 Å². The number of nitrogens with one attached hydrogen (secondary N) is 2. The second kappa shape index (κ2) is 8.41. The summed E-state index contributed by atoms with van der Waals surface area (Å²) in [5.74, 6) is 0.433. The van der Waals surface area contributed by atoms with Gasteiger partial charge in [0.05, 0.1) is 12.4 Å². The van der Waals surface area contributed by atoms with E-state index in [1.54, 1.807) is 48.5 Å². The molecule has 2 aromatic rings. The molecule has 1 fully saturated rings. The molecule has 1 atom stereocenters. The largest absolute Gasteiger partial charge is 0.491 e. The molecule has 2 N–H and O–H groups in total. The third kappa shape index (κ3) is 5.97. The lowest BCUT2D eigenvalue weighted by Gasteiger charge is -2.12. The summed E-state index contributed by atoms with van der Waals surface area (Å²) in [5, 5.41) is 2.77. The summed E-state index contributed by atoms with van der Waals surface area (Å²) in [4.78, 5) is 12.3. The predicted octanol–water partition coefficient (Wildman–Crippen LogP) is 2.87. The van der Waals surface area contributed by atoms with Gasteiger partial charge >= 0.3 is 0 Å². The fourth-order valence-electron chi connectivity index (χ4n) is 2.71. The minimum absolute atomic E-state index is 0.146. The van der Waals surface area contributed by atoms with Crippen LogP contribution in [0, 0.1) is 0 Å². The molecule has 0 bridgehead atoms. The molecule has 7 nitrogen and oxygen atoms in total. The zero-order valence-corrected chi connectivity index (χ0v) is 15.8. The molecule has 0 radical (unpaired) electrons. The maximum atomic E-state index is 12.3. The van der Waals surface area contributed by atoms with Crippen LogP contribution in [0.4, 0.5) is 11.4 Å². The molecule has 144 valence electrons. The van der Waals surface area contributed by atoms with Crippen molar-refractivity contribution in [3.05, 3.63) is 54.1 Å². The van der Waals surface area contributed by atoms with Gasteiger partial charge in [-0.1, -0.05) is 0 Å². The Labute approximate surface area is 158 Å². The maximum absolute atomic E-state index is 12.3. The summed E-state index contributed by atoms with van der Waals surface area (Å²) in [6.07, 6.45) is 3.31. The second-order valence-corrected chi connectivity index (χ2v) is 8.12. The zero-order valence-electron chi connectivity index (χ0n) is 15.0. The molecule has 0 saturated carbocycles. The fourth-order valence-corrected chi connectivity index (χ4v) is 3.27. The highest BCUT2D eigenvalue weighted by Crippen LogP contribution is 2.18. The van der Waals surface area contributed by atoms with Gasteiger partial charge in [-0.05, 0) is 61.4 Å². The van der Waals surface area contributed by atoms with Crippen molar-refractivity contribution < 1.29 is 22.7 Å². The van der Waals surface area contributed by atoms with E-state index in [2.05, 4.69) is 10.0 Å². The van der Waals surface area contributed by atoms with Gasteiger partial charge in [-0.25, -0.2) is 8.42 Å². The van der Waals surface area contributed by atoms with E-state index in [4.69, 9.17) is 9.47 Å². The van der Waals surface area contributed by atoms with Gasteiger partial charge in [0.2, 0.25) is 10.0 Å². The van der Waals surface area contributed by atoms with E-state index in [0.29, 0.717) is 29.3 Å². The molecule has 8 heteroatoms. The number of hydrogen-bond donors (Lipinski definition) is 2. The monoisotopic (exact) mass is 390 g/mol. The first-order chi connectivity index (χ1) is 12.9. The van der Waals surface area contributed by atoms with Crippen LogP contribution in [0.2, 0.25) is 0 Å². The Bertz CT molecular complexity index is 873. The van der Waals surface area contributed by atoms with Gasteiger partial charge in [0.1, 0.15) is 12.4 Å². The Kier molecular flexibility index (Phi) is 5.98. The number of carbonyl (C=O) groups excluding carboxylic acids is 1. The van der Waals surface area contributed by atoms with Gasteiger partial charge in [0.25, 0.3) is 5.91 Å². The van der Waals surface area contributed by atoms with Crippen molar-refractivity contribution in [2.24, 2.45) is 0 Å². The topological polar surface area (TPSA) is 93.7 Å². The van der Waals surface area contributed by atoms with Crippen LogP contribution in [0.1, 0.15) is 23.2 Å². The van der Waals surface area contributed by atoms with Gasteiger partial charge in [0.15, 0.2) is 0 Å². The van der Waals surface area contributed by atoms with E-state index in [-0.39, 0.29) is 12.0 Å². The molecule has 0 spiro atoms. The van der Waals surface area contributed by atoms with Crippen molar-refractivity contribution in [2.45, 2.75) is 18.9 Å². The smallest absolute Gasteiger partial charge is 0.255 e. The highest BCUT2D eigenvalue weighted by Gasteiger charge is 2.16. The van der Waals surface area contributed by atoms with Gasteiger partial charge in [-0.3, -0.25) is 9.52 Å². The van der Waals surface area contributed by atoms with Gasteiger partial charge < -0.3 is 14.8 Å². The average molecular weight is 390 g/mol. The molecule has 0 aliphatic carbocycles. The number of amides is 1. The molecule has 1 amide bonds. The average Bonchev–Trinajstić information content (AvgIpc) is 3.14. The molecule has 1 unspecified atom stereocenters. The third-order valence-corrected chi connectivity index (χ3v) is 4.63. The van der Waals surface area contributed by atoms with E-state index >= 15 is 0 Å². The summed E-state index contributed by atoms with van der Waals surface area (Å²) < 4.78 is 36.0. The lowest BCUT2D eigenvalue weighted by molar-refractivity contribution is 0.0679. The van der Waals surface area contributed by atoms with Crippen molar-refractivity contribution in [2.75, 3.05) is 29.5 Å². The third-order valence-electron chi connectivity index (χ3n) is 4.02. The van der Waals surface area contributed by atoms with Crippen LogP contribution in [0.25, 0.3) is 0 Å². The van der Waals surface area contributed by atoms with Crippen molar-refractivity contribution in [3.63, 3.8) is 0 Å². The maximum Gasteiger partial charge on any atom is 0.255 e. The molecule has 1 aliphatic heterocycles. The number of benzene rings is 2. The molecule has 0 aromatic heterocycles. The second-order valence-electron chi connectivity index (χ2n) is 6.38. The molecule has 2 aromatic carbocycles. The molecule has 3 rings (SSSR count). The van der Waals surface area contributed by atoms with Crippen molar-refractivity contribution in [1.29, 1.82) is 0 Å². The van der Waals surface area contributed by atoms with Crippen LogP contribution in [0.5, 0.6) is 5.75 Å². The summed E-state index contributed by atoms with van der Waals surface area (Å²) in [7, 11) is -3.33. The first kappa shape index (κ1) is 19.2. The van der Waals surface area contributed by atoms with Crippen LogP contribution < -0.4 is 14.8 Å². The number of anilines is 2. The minimum Gasteiger partial charge on any atom is -0.491 e. The lowest BCUT2D eigenvalue weighted by Crippen LogP contribution is -2.16. The normalized spacial score (nSPS) is 16.7. The highest BCUT2D eigenvalue weighted by molar-refractivity contribution is 7.92. The van der Waals surface area contributed by atoms with Crippen molar-refractivity contribution >= 4 is 27.3 Å². The first-order valence-corrected chi connectivity index (χ1v) is 10.5. The summed E-state index contributed by atoms with van der Waals surface area (Å²) >= 11 is 0. The van der Waals surface area contributed by atoms with E-state index < -0.39 is 10.0 Å². The van der Waals surface area contributed by atoms with E-state index in [0.717, 1.165) is 25.7 Å². The number of ether oxygens (including phenoxy) is 2. The van der Waals surface area contributed by atoms with Crippen LogP contribution in [0.15, 0.2) is 48.5 Å². The zero-order chi connectivity index (χ0) is 19.3. The van der Waals surface area contributed by atoms with Crippen molar-refractivity contribution in [1.82, 2.24) is 0 Å². The van der Waals surface area contributed by atoms with Crippen LogP contribution in [-0.4, -0.2) is 39.9 Å². The fraction of sp³-hybridized carbons (Fsp3) is 0.316. The Hall–Kier alpha value is -2.58. The number of hydrogen-bond acceptors (Lipinski definition) is 5. The van der Waals surface area contributed by atoms with Gasteiger partial charge in [-0.2, -0.15) is 0 Å². The molecular formula is C19H22N2O5S. The SMILES string of the molecule is CS(=O)(=O)Nc1ccc(NC(=O)c2ccc(OCC3CCCO3)cc2)cc1. The molecule has 1 heterocycles. The Balaban J connectivity index is 1.54. The Morgan fingerprint density at radius 3 is 2.37 bits per heavy atom. The quantitative estimate of drug-likeness (QED) is 0.758. The van der Waals surface area contributed by atoms with E-state index in [1.165, 1.54) is 0 Å². The highest BCUT2D eigenvalue weighted by atomic mass is 32.2. The number of carbonyl (C=O) groups is 1. The minimum atomic E-state index is -3.33. The van der Waals surface area contributed by atoms with E-state index in [1.807, 2.05) is 0 Å². The summed E-state index contributed by atoms with van der Waals surface area (Å²) in [6.45, 7) is 1.30. The standard InChI is InChI=1S/C19H22N2O5S/c1-27(23,24)21-16-8-6-15(7-9-16)20-19(22)14-4-10-17(11-5-14)26-13-18-3-2-12-25-18/h4-11,18,21H,2-3,12-13H2,1H3,(H,20,22). The molecule has 27 heavy (non-hydrogen) atoms. The first-order valence-electron chi connectivity index (χ1n) is 8.63. The summed E-state index contributed by atoms with van der Waals surface area (Å²) in [6, 6.07) is 13.3. The van der Waals surface area contributed by atoms with E-state index in [9.17, 15) is 13.2 Å². The Morgan fingerprint density at radius 1 is 1.11 bits per heavy atom. The number of sulfonamides is 1. The van der Waals surface area contributed by atoms with Gasteiger partial charge in [0, 0.05) is 23.5 Å². The molecule has 1 aliphatic rings. The summed E-state index contributed by atoms with van der Waals surface area (Å²) in [5.41, 5.74) is 1.50. The molecule has 1 saturated heterocycles. The Morgan fingerprint density at radius 2 is 1.78 bits per heavy atom. The van der Waals surface area contributed by atoms with Crippen LogP contribution in [-0.2, 0) is 14.8 Å². The number of rotatable bonds is 7. The van der Waals surface area contributed by atoms with Crippen molar-refractivity contribution in [3.8, 4) is 5.75 Å². The molecular weight excluding hydrogens is 368 g/mol. The van der Waals surface area contributed by atoms with Crippen LogP contribution in [0.3, 0.4) is 0 Å².